The third kappa shape index (κ3) is 0.891. The highest BCUT2D eigenvalue weighted by molar-refractivity contribution is 5.71. The number of aliphatic hydroxyl groups excluding tert-OH is 1. The normalized spacial score (nSPS) is 51.3. The lowest BCUT2D eigenvalue weighted by Gasteiger charge is -2.27. The average Bonchev–Trinajstić information content (AvgIpc) is 2.53. The summed E-state index contributed by atoms with van der Waals surface area (Å²) in [6, 6.07) is 0. The first-order valence-corrected chi connectivity index (χ1v) is 4.52. The van der Waals surface area contributed by atoms with E-state index in [0.29, 0.717) is 11.8 Å². The second kappa shape index (κ2) is 2.46. The highest BCUT2D eigenvalue weighted by Gasteiger charge is 2.52. The van der Waals surface area contributed by atoms with E-state index in [-0.39, 0.29) is 17.9 Å². The molecule has 68 valence electrons. The van der Waals surface area contributed by atoms with E-state index in [2.05, 4.69) is 0 Å². The van der Waals surface area contributed by atoms with Gasteiger partial charge in [0.05, 0.1) is 12.0 Å². The van der Waals surface area contributed by atoms with Crippen molar-refractivity contribution in [3.05, 3.63) is 0 Å². The first-order chi connectivity index (χ1) is 5.61. The van der Waals surface area contributed by atoms with Crippen molar-refractivity contribution in [3.63, 3.8) is 0 Å². The van der Waals surface area contributed by atoms with Gasteiger partial charge >= 0.3 is 5.97 Å². The third-order valence-electron chi connectivity index (χ3n) is 3.69. The Labute approximate surface area is 71.4 Å². The number of aliphatic carboxylic acids is 1. The van der Waals surface area contributed by atoms with Crippen molar-refractivity contribution in [2.45, 2.75) is 25.9 Å². The lowest BCUT2D eigenvalue weighted by atomic mass is 9.81. The number of hydrogen-bond donors (Lipinski definition) is 2. The highest BCUT2D eigenvalue weighted by Crippen LogP contribution is 2.51. The van der Waals surface area contributed by atoms with Gasteiger partial charge in [0, 0.05) is 0 Å². The Morgan fingerprint density at radius 1 is 1.42 bits per heavy atom. The van der Waals surface area contributed by atoms with Gasteiger partial charge in [-0.3, -0.25) is 4.79 Å². The monoisotopic (exact) mass is 170 g/mol. The molecule has 2 bridgehead atoms. The summed E-state index contributed by atoms with van der Waals surface area (Å²) in [6.45, 7) is 2.02. The molecule has 0 aromatic carbocycles. The van der Waals surface area contributed by atoms with E-state index in [0.717, 1.165) is 12.8 Å². The fourth-order valence-electron chi connectivity index (χ4n) is 2.87. The van der Waals surface area contributed by atoms with Crippen LogP contribution in [0.15, 0.2) is 0 Å². The molecule has 2 rings (SSSR count). The lowest BCUT2D eigenvalue weighted by Crippen LogP contribution is -2.34. The van der Waals surface area contributed by atoms with E-state index in [1.165, 1.54) is 0 Å². The van der Waals surface area contributed by atoms with Crippen LogP contribution < -0.4 is 0 Å². The predicted molar refractivity (Wildman–Crippen MR) is 42.5 cm³/mol. The molecule has 0 amide bonds. The second-order valence-electron chi connectivity index (χ2n) is 4.19. The molecule has 5 atom stereocenters. The number of carboxylic acids is 1. The first-order valence-electron chi connectivity index (χ1n) is 4.52. The molecule has 0 radical (unpaired) electrons. The van der Waals surface area contributed by atoms with Crippen LogP contribution in [0.5, 0.6) is 0 Å². The van der Waals surface area contributed by atoms with Crippen molar-refractivity contribution in [2.24, 2.45) is 23.7 Å². The van der Waals surface area contributed by atoms with Gasteiger partial charge in [-0.05, 0) is 30.6 Å². The van der Waals surface area contributed by atoms with Crippen molar-refractivity contribution in [2.75, 3.05) is 0 Å². The number of rotatable bonds is 1. The predicted octanol–water partition coefficient (Wildman–Crippen LogP) is 0.724. The highest BCUT2D eigenvalue weighted by atomic mass is 16.4. The van der Waals surface area contributed by atoms with Gasteiger partial charge in [0.2, 0.25) is 0 Å². The average molecular weight is 170 g/mol. The molecule has 0 spiro atoms. The molecule has 0 saturated heterocycles. The maximum absolute atomic E-state index is 10.7. The van der Waals surface area contributed by atoms with Gasteiger partial charge < -0.3 is 10.2 Å². The Morgan fingerprint density at radius 3 is 2.50 bits per heavy atom. The summed E-state index contributed by atoms with van der Waals surface area (Å²) in [5.74, 6) is -0.214. The Bertz CT molecular complexity index is 212. The molecule has 0 heterocycles. The minimum atomic E-state index is -0.728. The SMILES string of the molecule is C[C@H]1C(O)C2C[C@H]1CC2C(=O)O. The summed E-state index contributed by atoms with van der Waals surface area (Å²) in [4.78, 5) is 10.7. The van der Waals surface area contributed by atoms with Crippen LogP contribution in [-0.4, -0.2) is 22.3 Å². The van der Waals surface area contributed by atoms with Crippen LogP contribution in [0.1, 0.15) is 19.8 Å². The third-order valence-corrected chi connectivity index (χ3v) is 3.69. The van der Waals surface area contributed by atoms with Crippen LogP contribution in [0, 0.1) is 23.7 Å². The van der Waals surface area contributed by atoms with Gasteiger partial charge in [0.25, 0.3) is 0 Å². The van der Waals surface area contributed by atoms with Crippen LogP contribution in [0.25, 0.3) is 0 Å². The van der Waals surface area contributed by atoms with E-state index in [1.807, 2.05) is 6.92 Å². The van der Waals surface area contributed by atoms with Crippen molar-refractivity contribution in [3.8, 4) is 0 Å². The minimum Gasteiger partial charge on any atom is -0.481 e. The molecule has 2 fully saturated rings. The van der Waals surface area contributed by atoms with Gasteiger partial charge in [-0.25, -0.2) is 0 Å². The van der Waals surface area contributed by atoms with E-state index < -0.39 is 5.97 Å². The van der Waals surface area contributed by atoms with Gasteiger partial charge in [-0.15, -0.1) is 0 Å². The Hall–Kier alpha value is -0.570. The molecule has 2 N–H and O–H groups in total. The Kier molecular flexibility index (Phi) is 1.65. The van der Waals surface area contributed by atoms with Crippen LogP contribution >= 0.6 is 0 Å². The summed E-state index contributed by atoms with van der Waals surface area (Å²) < 4.78 is 0. The number of aliphatic hydroxyl groups is 1. The summed E-state index contributed by atoms with van der Waals surface area (Å²) in [7, 11) is 0. The molecular formula is C9H14O3. The van der Waals surface area contributed by atoms with Crippen molar-refractivity contribution < 1.29 is 15.0 Å². The second-order valence-corrected chi connectivity index (χ2v) is 4.19. The quantitative estimate of drug-likeness (QED) is 0.609. The van der Waals surface area contributed by atoms with Gasteiger partial charge in [-0.1, -0.05) is 6.92 Å². The largest absolute Gasteiger partial charge is 0.481 e. The molecule has 2 aliphatic rings. The van der Waals surface area contributed by atoms with E-state index in [4.69, 9.17) is 5.11 Å². The van der Waals surface area contributed by atoms with Crippen LogP contribution in [-0.2, 0) is 4.79 Å². The Morgan fingerprint density at radius 2 is 2.08 bits per heavy atom. The van der Waals surface area contributed by atoms with Crippen LogP contribution in [0.2, 0.25) is 0 Å². The van der Waals surface area contributed by atoms with E-state index in [9.17, 15) is 9.90 Å². The summed E-state index contributed by atoms with van der Waals surface area (Å²) in [5, 5.41) is 18.5. The summed E-state index contributed by atoms with van der Waals surface area (Å²) in [6.07, 6.45) is 1.32. The molecule has 12 heavy (non-hydrogen) atoms. The molecule has 2 aliphatic carbocycles. The van der Waals surface area contributed by atoms with E-state index >= 15 is 0 Å². The maximum atomic E-state index is 10.7. The zero-order valence-corrected chi connectivity index (χ0v) is 7.10. The molecule has 3 unspecified atom stereocenters. The first kappa shape index (κ1) is 8.05. The van der Waals surface area contributed by atoms with Crippen molar-refractivity contribution in [1.82, 2.24) is 0 Å². The number of carbonyl (C=O) groups is 1. The molecule has 2 saturated carbocycles. The fraction of sp³-hybridized carbons (Fsp3) is 0.889. The topological polar surface area (TPSA) is 57.5 Å². The number of carboxylic acid groups (broad SMARTS) is 1. The Balaban J connectivity index is 2.15. The van der Waals surface area contributed by atoms with Crippen LogP contribution in [0.4, 0.5) is 0 Å². The summed E-state index contributed by atoms with van der Waals surface area (Å²) in [5.41, 5.74) is 0. The van der Waals surface area contributed by atoms with Gasteiger partial charge in [0.1, 0.15) is 0 Å². The molecule has 0 aromatic heterocycles. The van der Waals surface area contributed by atoms with Gasteiger partial charge in [0.15, 0.2) is 0 Å². The molecule has 0 aromatic rings. The van der Waals surface area contributed by atoms with Crippen molar-refractivity contribution >= 4 is 5.97 Å². The fourth-order valence-corrected chi connectivity index (χ4v) is 2.87. The number of fused-ring (bicyclic) bond motifs is 2. The van der Waals surface area contributed by atoms with Crippen molar-refractivity contribution in [1.29, 1.82) is 0 Å². The maximum Gasteiger partial charge on any atom is 0.306 e. The molecular weight excluding hydrogens is 156 g/mol. The molecule has 3 nitrogen and oxygen atoms in total. The number of hydrogen-bond acceptors (Lipinski definition) is 2. The molecule has 3 heteroatoms. The zero-order valence-electron chi connectivity index (χ0n) is 7.10. The lowest BCUT2D eigenvalue weighted by molar-refractivity contribution is -0.146. The smallest absolute Gasteiger partial charge is 0.306 e. The van der Waals surface area contributed by atoms with E-state index in [1.54, 1.807) is 0 Å². The standard InChI is InChI=1S/C9H14O3/c1-4-5-2-6(8(4)10)7(3-5)9(11)12/h4-8,10H,2-3H2,1H3,(H,11,12)/t4-,5+,6?,7?,8?/m1/s1. The van der Waals surface area contributed by atoms with Crippen LogP contribution in [0.3, 0.4) is 0 Å². The zero-order chi connectivity index (χ0) is 8.88. The summed E-state index contributed by atoms with van der Waals surface area (Å²) >= 11 is 0. The molecule has 0 aliphatic heterocycles. The van der Waals surface area contributed by atoms with Gasteiger partial charge in [-0.2, -0.15) is 0 Å². The minimum absolute atomic E-state index is 0.0301.